The molecule has 130 valence electrons. The van der Waals surface area contributed by atoms with E-state index in [0.29, 0.717) is 6.04 Å². The van der Waals surface area contributed by atoms with Gasteiger partial charge >= 0.3 is 0 Å². The van der Waals surface area contributed by atoms with Gasteiger partial charge in [-0.3, -0.25) is 9.58 Å². The molecule has 1 unspecified atom stereocenters. The molecule has 0 spiro atoms. The summed E-state index contributed by atoms with van der Waals surface area (Å²) in [7, 11) is 0. The molecule has 24 heavy (non-hydrogen) atoms. The number of nitrogens with one attached hydrogen (secondary N) is 1. The maximum Gasteiger partial charge on any atom is 0.124 e. The average Bonchev–Trinajstić information content (AvgIpc) is 3.25. The number of imidazole rings is 1. The van der Waals surface area contributed by atoms with Crippen molar-refractivity contribution in [3.05, 3.63) is 35.2 Å². The Morgan fingerprint density at radius 1 is 1.21 bits per heavy atom. The lowest BCUT2D eigenvalue weighted by molar-refractivity contribution is 0.240. The number of fused-ring (bicyclic) bond motifs is 1. The van der Waals surface area contributed by atoms with Gasteiger partial charge in [0.25, 0.3) is 0 Å². The molecule has 0 saturated carbocycles. The van der Waals surface area contributed by atoms with Crippen molar-refractivity contribution in [2.24, 2.45) is 0 Å². The van der Waals surface area contributed by atoms with Gasteiger partial charge in [-0.2, -0.15) is 5.10 Å². The van der Waals surface area contributed by atoms with Crippen LogP contribution in [0.1, 0.15) is 75.3 Å². The molecule has 3 heterocycles. The molecule has 1 saturated heterocycles. The Morgan fingerprint density at radius 2 is 2.04 bits per heavy atom. The van der Waals surface area contributed by atoms with E-state index in [4.69, 9.17) is 4.98 Å². The first-order valence-corrected chi connectivity index (χ1v) is 9.36. The summed E-state index contributed by atoms with van der Waals surface area (Å²) < 4.78 is 2.07. The lowest BCUT2D eigenvalue weighted by Crippen LogP contribution is -2.24. The number of likely N-dealkylation sites (tertiary alicyclic amines) is 1. The Balaban J connectivity index is 1.50. The Bertz CT molecular complexity index is 682. The predicted molar refractivity (Wildman–Crippen MR) is 94.8 cm³/mol. The molecule has 1 atom stereocenters. The summed E-state index contributed by atoms with van der Waals surface area (Å²) >= 11 is 0. The van der Waals surface area contributed by atoms with Gasteiger partial charge in [-0.05, 0) is 65.8 Å². The summed E-state index contributed by atoms with van der Waals surface area (Å²) in [6, 6.07) is 0.439. The lowest BCUT2D eigenvalue weighted by atomic mass is 10.0. The number of rotatable bonds is 3. The quantitative estimate of drug-likeness (QED) is 0.937. The number of aromatic nitrogens is 4. The average molecular weight is 327 g/mol. The van der Waals surface area contributed by atoms with Gasteiger partial charge in [0.15, 0.2) is 0 Å². The van der Waals surface area contributed by atoms with Gasteiger partial charge in [0, 0.05) is 24.0 Å². The highest BCUT2D eigenvalue weighted by Crippen LogP contribution is 2.33. The second kappa shape index (κ2) is 6.03. The molecule has 0 bridgehead atoms. The molecule has 5 heteroatoms. The van der Waals surface area contributed by atoms with Crippen LogP contribution in [0.25, 0.3) is 0 Å². The van der Waals surface area contributed by atoms with Crippen molar-refractivity contribution >= 4 is 0 Å². The molecule has 0 radical (unpaired) electrons. The van der Waals surface area contributed by atoms with Gasteiger partial charge < -0.3 is 4.98 Å². The molecule has 1 aliphatic heterocycles. The maximum absolute atomic E-state index is 4.95. The smallest absolute Gasteiger partial charge is 0.124 e. The lowest BCUT2D eigenvalue weighted by Gasteiger charge is -2.22. The van der Waals surface area contributed by atoms with Crippen LogP contribution in [-0.4, -0.2) is 31.2 Å². The Morgan fingerprint density at radius 3 is 2.79 bits per heavy atom. The fraction of sp³-hybridized carbons (Fsp3) is 0.684. The van der Waals surface area contributed by atoms with Gasteiger partial charge in [0.2, 0.25) is 0 Å². The summed E-state index contributed by atoms with van der Waals surface area (Å²) in [5, 5.41) is 4.55. The molecule has 2 aromatic heterocycles. The first-order valence-electron chi connectivity index (χ1n) is 9.36. The van der Waals surface area contributed by atoms with Crippen molar-refractivity contribution in [3.8, 4) is 0 Å². The van der Waals surface area contributed by atoms with Gasteiger partial charge in [-0.25, -0.2) is 4.98 Å². The third kappa shape index (κ3) is 3.02. The fourth-order valence-corrected chi connectivity index (χ4v) is 4.00. The van der Waals surface area contributed by atoms with Gasteiger partial charge in [0.05, 0.1) is 23.5 Å². The molecule has 0 amide bonds. The van der Waals surface area contributed by atoms with Crippen LogP contribution < -0.4 is 0 Å². The molecule has 1 fully saturated rings. The molecule has 4 rings (SSSR count). The third-order valence-corrected chi connectivity index (χ3v) is 5.36. The molecular weight excluding hydrogens is 298 g/mol. The van der Waals surface area contributed by atoms with E-state index < -0.39 is 0 Å². The molecule has 1 aliphatic carbocycles. The van der Waals surface area contributed by atoms with Crippen molar-refractivity contribution in [1.29, 1.82) is 0 Å². The minimum Gasteiger partial charge on any atom is -0.344 e. The largest absolute Gasteiger partial charge is 0.344 e. The summed E-state index contributed by atoms with van der Waals surface area (Å²) in [4.78, 5) is 11.2. The van der Waals surface area contributed by atoms with Crippen LogP contribution in [-0.2, 0) is 24.9 Å². The summed E-state index contributed by atoms with van der Waals surface area (Å²) in [6.07, 6.45) is 11.6. The van der Waals surface area contributed by atoms with Crippen molar-refractivity contribution in [2.45, 2.75) is 77.4 Å². The van der Waals surface area contributed by atoms with Crippen molar-refractivity contribution < 1.29 is 0 Å². The minimum absolute atomic E-state index is 0.0444. The Hall–Kier alpha value is -1.62. The van der Waals surface area contributed by atoms with Crippen molar-refractivity contribution in [1.82, 2.24) is 24.6 Å². The van der Waals surface area contributed by atoms with Crippen LogP contribution in [0.15, 0.2) is 12.4 Å². The maximum atomic E-state index is 4.95. The van der Waals surface area contributed by atoms with E-state index in [1.165, 1.54) is 54.9 Å². The van der Waals surface area contributed by atoms with E-state index in [1.54, 1.807) is 0 Å². The van der Waals surface area contributed by atoms with Crippen LogP contribution in [0.5, 0.6) is 0 Å². The van der Waals surface area contributed by atoms with E-state index in [9.17, 15) is 0 Å². The first kappa shape index (κ1) is 15.9. The van der Waals surface area contributed by atoms with Crippen LogP contribution in [0.4, 0.5) is 0 Å². The predicted octanol–water partition coefficient (Wildman–Crippen LogP) is 3.58. The normalized spacial score (nSPS) is 22.0. The molecule has 1 N–H and O–H groups in total. The second-order valence-electron chi connectivity index (χ2n) is 8.35. The highest BCUT2D eigenvalue weighted by molar-refractivity contribution is 5.20. The topological polar surface area (TPSA) is 49.7 Å². The molecular formula is C19H29N5. The van der Waals surface area contributed by atoms with Crippen molar-refractivity contribution in [2.75, 3.05) is 6.54 Å². The van der Waals surface area contributed by atoms with Gasteiger partial charge in [-0.15, -0.1) is 0 Å². The van der Waals surface area contributed by atoms with E-state index in [-0.39, 0.29) is 5.54 Å². The first-order chi connectivity index (χ1) is 11.5. The zero-order chi connectivity index (χ0) is 16.7. The number of nitrogens with zero attached hydrogens (tertiary/aromatic N) is 4. The van der Waals surface area contributed by atoms with Crippen molar-refractivity contribution in [3.63, 3.8) is 0 Å². The summed E-state index contributed by atoms with van der Waals surface area (Å²) in [5.41, 5.74) is 4.06. The Labute approximate surface area is 144 Å². The van der Waals surface area contributed by atoms with Crippen LogP contribution >= 0.6 is 0 Å². The summed E-state index contributed by atoms with van der Waals surface area (Å²) in [6.45, 7) is 8.68. The number of aromatic amines is 1. The molecule has 5 nitrogen and oxygen atoms in total. The van der Waals surface area contributed by atoms with E-state index >= 15 is 0 Å². The second-order valence-corrected chi connectivity index (χ2v) is 8.35. The number of aryl methyl sites for hydroxylation is 2. The SMILES string of the molecule is CC(C)(C)n1cc(CN2CCCC2c2nc3c([nH]2)CCCC3)cn1. The van der Waals surface area contributed by atoms with E-state index in [2.05, 4.69) is 46.6 Å². The van der Waals surface area contributed by atoms with E-state index in [1.807, 2.05) is 6.20 Å². The van der Waals surface area contributed by atoms with Gasteiger partial charge in [-0.1, -0.05) is 0 Å². The summed E-state index contributed by atoms with van der Waals surface area (Å²) in [5.74, 6) is 1.20. The number of hydrogen-bond acceptors (Lipinski definition) is 3. The van der Waals surface area contributed by atoms with Crippen LogP contribution in [0, 0.1) is 0 Å². The number of H-pyrrole nitrogens is 1. The van der Waals surface area contributed by atoms with E-state index in [0.717, 1.165) is 19.5 Å². The minimum atomic E-state index is 0.0444. The highest BCUT2D eigenvalue weighted by Gasteiger charge is 2.30. The zero-order valence-corrected chi connectivity index (χ0v) is 15.2. The third-order valence-electron chi connectivity index (χ3n) is 5.36. The molecule has 2 aliphatic rings. The Kier molecular flexibility index (Phi) is 3.99. The standard InChI is InChI=1S/C19H29N5/c1-19(2,3)24-13-14(11-20-24)12-23-10-6-9-17(23)18-21-15-7-4-5-8-16(15)22-18/h11,13,17H,4-10,12H2,1-3H3,(H,21,22). The molecule has 2 aromatic rings. The fourth-order valence-electron chi connectivity index (χ4n) is 4.00. The molecule has 0 aromatic carbocycles. The number of hydrogen-bond donors (Lipinski definition) is 1. The van der Waals surface area contributed by atoms with Crippen LogP contribution in [0.3, 0.4) is 0 Å². The van der Waals surface area contributed by atoms with Crippen LogP contribution in [0.2, 0.25) is 0 Å². The zero-order valence-electron chi connectivity index (χ0n) is 15.2. The monoisotopic (exact) mass is 327 g/mol. The highest BCUT2D eigenvalue weighted by atomic mass is 15.3. The van der Waals surface area contributed by atoms with Gasteiger partial charge in [0.1, 0.15) is 5.82 Å².